The molecule has 20 heavy (non-hydrogen) atoms. The van der Waals surface area contributed by atoms with Crippen molar-refractivity contribution in [3.63, 3.8) is 0 Å². The molecule has 0 saturated heterocycles. The second-order valence-electron chi connectivity index (χ2n) is 4.71. The Bertz CT molecular complexity index is 508. The molecule has 2 aromatic carbocycles. The summed E-state index contributed by atoms with van der Waals surface area (Å²) in [6, 6.07) is 15.9. The number of halogens is 1. The van der Waals surface area contributed by atoms with Crippen LogP contribution in [0.15, 0.2) is 48.5 Å². The van der Waals surface area contributed by atoms with Crippen molar-refractivity contribution in [2.24, 2.45) is 0 Å². The molecule has 2 rings (SSSR count). The minimum atomic E-state index is 0.754. The van der Waals surface area contributed by atoms with E-state index in [0.29, 0.717) is 0 Å². The molecule has 0 unspecified atom stereocenters. The van der Waals surface area contributed by atoms with Crippen LogP contribution in [0.5, 0.6) is 5.75 Å². The molecular formula is C17H20ClNO. The van der Waals surface area contributed by atoms with Crippen LogP contribution < -0.4 is 10.1 Å². The molecule has 0 aromatic heterocycles. The van der Waals surface area contributed by atoms with Crippen molar-refractivity contribution in [3.05, 3.63) is 59.1 Å². The van der Waals surface area contributed by atoms with E-state index in [4.69, 9.17) is 16.3 Å². The molecule has 0 saturated carbocycles. The predicted molar refractivity (Wildman–Crippen MR) is 85.6 cm³/mol. The lowest BCUT2D eigenvalue weighted by Gasteiger charge is -2.08. The first-order valence-corrected chi connectivity index (χ1v) is 7.37. The van der Waals surface area contributed by atoms with Gasteiger partial charge in [0.05, 0.1) is 6.61 Å². The highest BCUT2D eigenvalue weighted by molar-refractivity contribution is 6.30. The van der Waals surface area contributed by atoms with E-state index in [9.17, 15) is 0 Å². The number of hydrogen-bond acceptors (Lipinski definition) is 2. The van der Waals surface area contributed by atoms with Gasteiger partial charge in [-0.15, -0.1) is 0 Å². The number of rotatable bonds is 7. The van der Waals surface area contributed by atoms with Crippen LogP contribution in [0.2, 0.25) is 5.02 Å². The molecular weight excluding hydrogens is 270 g/mol. The van der Waals surface area contributed by atoms with Crippen molar-refractivity contribution in [2.75, 3.05) is 11.9 Å². The summed E-state index contributed by atoms with van der Waals surface area (Å²) < 4.78 is 5.64. The molecule has 0 atom stereocenters. The first kappa shape index (κ1) is 14.7. The van der Waals surface area contributed by atoms with Gasteiger partial charge in [0, 0.05) is 17.3 Å². The number of benzene rings is 2. The van der Waals surface area contributed by atoms with Gasteiger partial charge in [-0.25, -0.2) is 0 Å². The van der Waals surface area contributed by atoms with Crippen molar-refractivity contribution in [2.45, 2.75) is 26.3 Å². The number of unbranched alkanes of at least 4 members (excludes halogenated alkanes) is 1. The average Bonchev–Trinajstić information content (AvgIpc) is 2.48. The van der Waals surface area contributed by atoms with Crippen molar-refractivity contribution in [1.29, 1.82) is 0 Å². The summed E-state index contributed by atoms with van der Waals surface area (Å²) in [5, 5.41) is 4.11. The lowest BCUT2D eigenvalue weighted by atomic mass is 10.2. The van der Waals surface area contributed by atoms with Gasteiger partial charge in [0.15, 0.2) is 0 Å². The van der Waals surface area contributed by atoms with Gasteiger partial charge in [-0.2, -0.15) is 0 Å². The Labute approximate surface area is 125 Å². The van der Waals surface area contributed by atoms with Gasteiger partial charge < -0.3 is 10.1 Å². The van der Waals surface area contributed by atoms with E-state index >= 15 is 0 Å². The monoisotopic (exact) mass is 289 g/mol. The summed E-state index contributed by atoms with van der Waals surface area (Å²) in [6.45, 7) is 3.74. The topological polar surface area (TPSA) is 21.3 Å². The van der Waals surface area contributed by atoms with E-state index in [1.54, 1.807) is 0 Å². The minimum absolute atomic E-state index is 0.754. The minimum Gasteiger partial charge on any atom is -0.494 e. The average molecular weight is 290 g/mol. The van der Waals surface area contributed by atoms with Crippen molar-refractivity contribution >= 4 is 17.3 Å². The molecule has 0 amide bonds. The summed E-state index contributed by atoms with van der Waals surface area (Å²) in [7, 11) is 0. The molecule has 0 fully saturated rings. The lowest BCUT2D eigenvalue weighted by Crippen LogP contribution is -2.00. The quantitative estimate of drug-likeness (QED) is 0.713. The zero-order valence-corrected chi connectivity index (χ0v) is 12.5. The zero-order chi connectivity index (χ0) is 14.2. The van der Waals surface area contributed by atoms with E-state index in [1.165, 1.54) is 5.56 Å². The highest BCUT2D eigenvalue weighted by Gasteiger charge is 1.97. The SMILES string of the molecule is CCCCOc1ccc(CNc2ccc(Cl)cc2)cc1. The Kier molecular flexibility index (Phi) is 5.75. The molecule has 106 valence electrons. The van der Waals surface area contributed by atoms with Gasteiger partial charge in [0.2, 0.25) is 0 Å². The maximum Gasteiger partial charge on any atom is 0.119 e. The number of ether oxygens (including phenoxy) is 1. The Hall–Kier alpha value is -1.67. The molecule has 0 radical (unpaired) electrons. The summed E-state index contributed by atoms with van der Waals surface area (Å²) in [5.74, 6) is 0.939. The first-order valence-electron chi connectivity index (χ1n) is 6.99. The van der Waals surface area contributed by atoms with Gasteiger partial charge in [0.1, 0.15) is 5.75 Å². The Balaban J connectivity index is 1.82. The van der Waals surface area contributed by atoms with Crippen LogP contribution in [0.3, 0.4) is 0 Å². The van der Waals surface area contributed by atoms with Crippen LogP contribution in [0.25, 0.3) is 0 Å². The summed E-state index contributed by atoms with van der Waals surface area (Å²) in [4.78, 5) is 0. The second kappa shape index (κ2) is 7.81. The largest absolute Gasteiger partial charge is 0.494 e. The van der Waals surface area contributed by atoms with Gasteiger partial charge in [0.25, 0.3) is 0 Å². The van der Waals surface area contributed by atoms with Crippen molar-refractivity contribution < 1.29 is 4.74 Å². The van der Waals surface area contributed by atoms with E-state index in [2.05, 4.69) is 24.4 Å². The molecule has 0 bridgehead atoms. The van der Waals surface area contributed by atoms with Crippen LogP contribution in [-0.2, 0) is 6.54 Å². The van der Waals surface area contributed by atoms with Gasteiger partial charge in [-0.1, -0.05) is 37.1 Å². The maximum atomic E-state index is 5.86. The molecule has 0 aliphatic heterocycles. The Morgan fingerprint density at radius 1 is 1.00 bits per heavy atom. The zero-order valence-electron chi connectivity index (χ0n) is 11.7. The van der Waals surface area contributed by atoms with Crippen LogP contribution in [0.1, 0.15) is 25.3 Å². The molecule has 0 aliphatic carbocycles. The number of hydrogen-bond donors (Lipinski definition) is 1. The molecule has 0 aliphatic rings. The van der Waals surface area contributed by atoms with Crippen LogP contribution >= 0.6 is 11.6 Å². The second-order valence-corrected chi connectivity index (χ2v) is 5.14. The summed E-state index contributed by atoms with van der Waals surface area (Å²) in [6.07, 6.45) is 2.25. The van der Waals surface area contributed by atoms with Crippen LogP contribution in [-0.4, -0.2) is 6.61 Å². The highest BCUT2D eigenvalue weighted by atomic mass is 35.5. The Morgan fingerprint density at radius 3 is 2.35 bits per heavy atom. The third kappa shape index (κ3) is 4.78. The van der Waals surface area contributed by atoms with Gasteiger partial charge in [-0.05, 0) is 48.4 Å². The molecule has 0 spiro atoms. The van der Waals surface area contributed by atoms with Gasteiger partial charge in [-0.3, -0.25) is 0 Å². The summed E-state index contributed by atoms with van der Waals surface area (Å²) >= 11 is 5.86. The third-order valence-electron chi connectivity index (χ3n) is 3.03. The van der Waals surface area contributed by atoms with E-state index in [0.717, 1.165) is 42.5 Å². The lowest BCUT2D eigenvalue weighted by molar-refractivity contribution is 0.309. The predicted octanol–water partition coefficient (Wildman–Crippen LogP) is 5.13. The van der Waals surface area contributed by atoms with Gasteiger partial charge >= 0.3 is 0 Å². The van der Waals surface area contributed by atoms with E-state index < -0.39 is 0 Å². The fraction of sp³-hybridized carbons (Fsp3) is 0.294. The number of nitrogens with one attached hydrogen (secondary N) is 1. The van der Waals surface area contributed by atoms with Crippen molar-refractivity contribution in [1.82, 2.24) is 0 Å². The maximum absolute atomic E-state index is 5.86. The van der Waals surface area contributed by atoms with E-state index in [1.807, 2.05) is 36.4 Å². The summed E-state index contributed by atoms with van der Waals surface area (Å²) in [5.41, 5.74) is 2.29. The fourth-order valence-corrected chi connectivity index (χ4v) is 1.94. The van der Waals surface area contributed by atoms with Crippen LogP contribution in [0, 0.1) is 0 Å². The highest BCUT2D eigenvalue weighted by Crippen LogP contribution is 2.16. The standard InChI is InChI=1S/C17H20ClNO/c1-2-3-12-20-17-10-4-14(5-11-17)13-19-16-8-6-15(18)7-9-16/h4-11,19H,2-3,12-13H2,1H3. The molecule has 1 N–H and O–H groups in total. The Morgan fingerprint density at radius 2 is 1.70 bits per heavy atom. The molecule has 2 nitrogen and oxygen atoms in total. The number of anilines is 1. The first-order chi connectivity index (χ1) is 9.78. The molecule has 3 heteroatoms. The fourth-order valence-electron chi connectivity index (χ4n) is 1.81. The third-order valence-corrected chi connectivity index (χ3v) is 3.28. The smallest absolute Gasteiger partial charge is 0.119 e. The van der Waals surface area contributed by atoms with Crippen molar-refractivity contribution in [3.8, 4) is 5.75 Å². The van der Waals surface area contributed by atoms with Crippen LogP contribution in [0.4, 0.5) is 5.69 Å². The molecule has 2 aromatic rings. The molecule has 0 heterocycles. The van der Waals surface area contributed by atoms with E-state index in [-0.39, 0.29) is 0 Å². The normalized spacial score (nSPS) is 10.3.